The highest BCUT2D eigenvalue weighted by atomic mass is 32.1. The van der Waals surface area contributed by atoms with Crippen molar-refractivity contribution in [1.29, 1.82) is 0 Å². The third-order valence-electron chi connectivity index (χ3n) is 7.55. The van der Waals surface area contributed by atoms with E-state index in [1.807, 2.05) is 30.3 Å². The molecule has 2 amide bonds. The molecule has 6 rings (SSSR count). The van der Waals surface area contributed by atoms with Gasteiger partial charge in [0.2, 0.25) is 16.9 Å². The molecule has 1 unspecified atom stereocenters. The number of carboxylic acids is 1. The van der Waals surface area contributed by atoms with Crippen molar-refractivity contribution in [1.82, 2.24) is 9.97 Å². The minimum absolute atomic E-state index is 0.0949. The van der Waals surface area contributed by atoms with Crippen LogP contribution in [0.2, 0.25) is 0 Å². The number of carboxylic acid groups (broad SMARTS) is 1. The Morgan fingerprint density at radius 1 is 1.12 bits per heavy atom. The van der Waals surface area contributed by atoms with Crippen molar-refractivity contribution in [2.75, 3.05) is 16.8 Å². The molecule has 0 bridgehead atoms. The highest BCUT2D eigenvalue weighted by molar-refractivity contribution is 7.14. The van der Waals surface area contributed by atoms with Crippen molar-refractivity contribution in [2.45, 2.75) is 38.1 Å². The van der Waals surface area contributed by atoms with Crippen LogP contribution in [-0.4, -0.2) is 45.9 Å². The maximum atomic E-state index is 15.6. The van der Waals surface area contributed by atoms with E-state index in [1.54, 1.807) is 19.3 Å². The number of hydrogen-bond donors (Lipinski definition) is 1. The van der Waals surface area contributed by atoms with Crippen molar-refractivity contribution in [3.05, 3.63) is 82.9 Å². The van der Waals surface area contributed by atoms with E-state index in [4.69, 9.17) is 0 Å². The predicted molar refractivity (Wildman–Crippen MR) is 154 cm³/mol. The van der Waals surface area contributed by atoms with Gasteiger partial charge in [-0.15, -0.1) is 0 Å². The SMILES string of the molecule is CN1C(=O)Cc2cc(-c3ccc(F)cc3-c3nc(N(C(=O)C(CC(=O)O)Cc4ccccc4)C4CC4)sc3F)cnc21. The Balaban J connectivity index is 1.37. The number of carbonyl (C=O) groups excluding carboxylic acids is 2. The zero-order chi connectivity index (χ0) is 29.5. The van der Waals surface area contributed by atoms with Gasteiger partial charge in [-0.05, 0) is 48.6 Å². The van der Waals surface area contributed by atoms with Crippen LogP contribution in [-0.2, 0) is 27.2 Å². The standard InChI is InChI=1S/C31H26F2N4O4S/c1-36-25(38)13-18-12-20(16-34-29(18)36)23-10-7-21(32)15-24(23)27-28(33)42-31(35-27)37(22-8-9-22)30(41)19(14-26(39)40)11-17-5-3-2-4-6-17/h2-7,10,12,15-16,19,22H,8-9,11,13-14H2,1H3,(H,39,40). The lowest BCUT2D eigenvalue weighted by Gasteiger charge is -2.24. The molecule has 0 radical (unpaired) electrons. The molecule has 1 fully saturated rings. The Hall–Kier alpha value is -4.51. The lowest BCUT2D eigenvalue weighted by Crippen LogP contribution is -2.39. The molecule has 1 N–H and O–H groups in total. The van der Waals surface area contributed by atoms with Crippen molar-refractivity contribution in [3.63, 3.8) is 0 Å². The van der Waals surface area contributed by atoms with Crippen LogP contribution >= 0.6 is 11.3 Å². The van der Waals surface area contributed by atoms with E-state index in [-0.39, 0.29) is 47.6 Å². The summed E-state index contributed by atoms with van der Waals surface area (Å²) in [7, 11) is 1.64. The highest BCUT2D eigenvalue weighted by Crippen LogP contribution is 2.42. The Bertz CT molecular complexity index is 1710. The number of likely N-dealkylation sites (N-methyl/N-ethyl adjacent to an activating group) is 1. The summed E-state index contributed by atoms with van der Waals surface area (Å²) in [5.74, 6) is -2.55. The molecule has 0 spiro atoms. The predicted octanol–water partition coefficient (Wildman–Crippen LogP) is 5.50. The van der Waals surface area contributed by atoms with Crippen LogP contribution in [0.4, 0.5) is 19.7 Å². The number of thiazole rings is 1. The third kappa shape index (κ3) is 5.39. The summed E-state index contributed by atoms with van der Waals surface area (Å²) in [4.78, 5) is 49.5. The topological polar surface area (TPSA) is 104 Å². The van der Waals surface area contributed by atoms with Crippen LogP contribution in [0.1, 0.15) is 30.4 Å². The molecule has 42 heavy (non-hydrogen) atoms. The summed E-state index contributed by atoms with van der Waals surface area (Å²) in [6.45, 7) is 0. The number of amides is 2. The first-order valence-corrected chi connectivity index (χ1v) is 14.3. The van der Waals surface area contributed by atoms with Crippen molar-refractivity contribution < 1.29 is 28.3 Å². The van der Waals surface area contributed by atoms with E-state index in [0.717, 1.165) is 5.56 Å². The second kappa shape index (κ2) is 11.1. The van der Waals surface area contributed by atoms with Gasteiger partial charge in [-0.1, -0.05) is 47.7 Å². The lowest BCUT2D eigenvalue weighted by molar-refractivity contribution is -0.140. The monoisotopic (exact) mass is 588 g/mol. The first-order valence-electron chi connectivity index (χ1n) is 13.5. The second-order valence-corrected chi connectivity index (χ2v) is 11.5. The molecular weight excluding hydrogens is 562 g/mol. The molecule has 1 aliphatic heterocycles. The Labute approximate surface area is 244 Å². The first-order chi connectivity index (χ1) is 20.2. The summed E-state index contributed by atoms with van der Waals surface area (Å²) in [5.41, 5.74) is 2.64. The molecule has 3 heterocycles. The number of nitrogens with zero attached hydrogens (tertiary/aromatic N) is 4. The van der Waals surface area contributed by atoms with E-state index in [1.165, 1.54) is 28.0 Å². The van der Waals surface area contributed by atoms with Crippen LogP contribution in [0, 0.1) is 16.9 Å². The number of aliphatic carboxylic acids is 1. The van der Waals surface area contributed by atoms with Gasteiger partial charge in [0, 0.05) is 36.0 Å². The molecule has 1 aliphatic carbocycles. The smallest absolute Gasteiger partial charge is 0.304 e. The molecule has 214 valence electrons. The van der Waals surface area contributed by atoms with E-state index in [9.17, 15) is 23.9 Å². The number of benzene rings is 2. The Kier molecular flexibility index (Phi) is 7.28. The van der Waals surface area contributed by atoms with E-state index < -0.39 is 28.7 Å². The molecule has 2 aliphatic rings. The first kappa shape index (κ1) is 27.6. The molecule has 11 heteroatoms. The fourth-order valence-electron chi connectivity index (χ4n) is 5.32. The van der Waals surface area contributed by atoms with Crippen LogP contribution < -0.4 is 9.80 Å². The van der Waals surface area contributed by atoms with Gasteiger partial charge >= 0.3 is 5.97 Å². The molecule has 0 saturated heterocycles. The molecule has 1 saturated carbocycles. The van der Waals surface area contributed by atoms with Gasteiger partial charge in [0.1, 0.15) is 17.3 Å². The van der Waals surface area contributed by atoms with E-state index >= 15 is 4.39 Å². The average Bonchev–Trinajstić information content (AvgIpc) is 3.66. The summed E-state index contributed by atoms with van der Waals surface area (Å²) in [6, 6.07) is 14.7. The molecule has 2 aromatic carbocycles. The molecular formula is C31H26F2N4O4S. The molecule has 8 nitrogen and oxygen atoms in total. The number of carbonyl (C=O) groups is 3. The lowest BCUT2D eigenvalue weighted by atomic mass is 9.94. The van der Waals surface area contributed by atoms with Crippen LogP contribution in [0.5, 0.6) is 0 Å². The van der Waals surface area contributed by atoms with Crippen molar-refractivity contribution in [2.24, 2.45) is 5.92 Å². The maximum Gasteiger partial charge on any atom is 0.304 e. The third-order valence-corrected chi connectivity index (χ3v) is 8.39. The molecule has 4 aromatic rings. The van der Waals surface area contributed by atoms with Gasteiger partial charge in [-0.25, -0.2) is 14.4 Å². The van der Waals surface area contributed by atoms with Crippen LogP contribution in [0.25, 0.3) is 22.4 Å². The highest BCUT2D eigenvalue weighted by Gasteiger charge is 2.40. The van der Waals surface area contributed by atoms with E-state index in [0.29, 0.717) is 46.7 Å². The summed E-state index contributed by atoms with van der Waals surface area (Å²) < 4.78 is 30.2. The normalized spacial score (nSPS) is 15.0. The number of fused-ring (bicyclic) bond motifs is 1. The zero-order valence-corrected chi connectivity index (χ0v) is 23.4. The summed E-state index contributed by atoms with van der Waals surface area (Å²) in [6.07, 6.45) is 2.94. The number of halogens is 2. The van der Waals surface area contributed by atoms with Gasteiger partial charge in [0.25, 0.3) is 0 Å². The van der Waals surface area contributed by atoms with Gasteiger partial charge in [0.05, 0.1) is 18.8 Å². The minimum Gasteiger partial charge on any atom is -0.481 e. The zero-order valence-electron chi connectivity index (χ0n) is 22.6. The number of pyridine rings is 1. The molecule has 1 atom stereocenters. The quantitative estimate of drug-likeness (QED) is 0.277. The summed E-state index contributed by atoms with van der Waals surface area (Å²) >= 11 is 0.677. The van der Waals surface area contributed by atoms with Gasteiger partial charge in [-0.2, -0.15) is 4.39 Å². The fourth-order valence-corrected chi connectivity index (χ4v) is 6.21. The second-order valence-electron chi connectivity index (χ2n) is 10.6. The number of aromatic nitrogens is 2. The molecule has 2 aromatic heterocycles. The van der Waals surface area contributed by atoms with E-state index in [2.05, 4.69) is 9.97 Å². The fraction of sp³-hybridized carbons (Fsp3) is 0.258. The van der Waals surface area contributed by atoms with Gasteiger partial charge < -0.3 is 5.11 Å². The Morgan fingerprint density at radius 2 is 1.88 bits per heavy atom. The van der Waals surface area contributed by atoms with Crippen LogP contribution in [0.15, 0.2) is 60.8 Å². The number of rotatable bonds is 9. The average molecular weight is 589 g/mol. The van der Waals surface area contributed by atoms with Crippen molar-refractivity contribution >= 4 is 40.1 Å². The Morgan fingerprint density at radius 3 is 2.60 bits per heavy atom. The minimum atomic E-state index is -1.11. The van der Waals surface area contributed by atoms with Gasteiger partial charge in [-0.3, -0.25) is 24.2 Å². The van der Waals surface area contributed by atoms with Crippen LogP contribution in [0.3, 0.4) is 0 Å². The largest absolute Gasteiger partial charge is 0.481 e. The van der Waals surface area contributed by atoms with Gasteiger partial charge in [0.15, 0.2) is 5.13 Å². The maximum absolute atomic E-state index is 15.6. The number of hydrogen-bond acceptors (Lipinski definition) is 6. The number of anilines is 2. The van der Waals surface area contributed by atoms with Crippen molar-refractivity contribution in [3.8, 4) is 22.4 Å². The summed E-state index contributed by atoms with van der Waals surface area (Å²) in [5, 5.41) is 8.97.